The molecule has 12 rings (SSSR count). The number of anilines is 6. The maximum Gasteiger partial charge on any atom is 0.298 e. The van der Waals surface area contributed by atoms with Crippen molar-refractivity contribution in [3.05, 3.63) is 263 Å². The molecule has 4 aromatic carbocycles. The second-order valence-corrected chi connectivity index (χ2v) is 25.5. The Kier molecular flexibility index (Phi) is 20.4. The fourth-order valence-electron chi connectivity index (χ4n) is 9.92. The van der Waals surface area contributed by atoms with Gasteiger partial charge in [0.1, 0.15) is 33.0 Å². The summed E-state index contributed by atoms with van der Waals surface area (Å²) in [5, 5.41) is 2.09. The van der Waals surface area contributed by atoms with E-state index in [1.165, 1.54) is 23.5 Å². The lowest BCUT2D eigenvalue weighted by Gasteiger charge is -2.26. The van der Waals surface area contributed by atoms with Crippen molar-refractivity contribution in [3.63, 3.8) is 0 Å². The van der Waals surface area contributed by atoms with Crippen LogP contribution < -0.4 is 28.7 Å². The predicted molar refractivity (Wildman–Crippen MR) is 376 cm³/mol. The quantitative estimate of drug-likeness (QED) is 0.0582. The normalized spacial score (nSPS) is 10.8. The first-order chi connectivity index (χ1) is 46.6. The minimum Gasteiger partial charge on any atom is -0.429 e. The van der Waals surface area contributed by atoms with Gasteiger partial charge in [-0.05, 0) is 131 Å². The minimum atomic E-state index is 0.0525. The monoisotopic (exact) mass is 1300 g/mol. The molecular weight excluding hydrogens is 1240 g/mol. The Morgan fingerprint density at radius 2 is 0.646 bits per heavy atom. The molecule has 472 valence electrons. The van der Waals surface area contributed by atoms with Gasteiger partial charge in [0.25, 0.3) is 25.9 Å². The van der Waals surface area contributed by atoms with E-state index < -0.39 is 0 Å². The van der Waals surface area contributed by atoms with E-state index in [9.17, 15) is 19.2 Å². The van der Waals surface area contributed by atoms with Gasteiger partial charge in [-0.3, -0.25) is 39.1 Å². The Bertz CT molecular complexity index is 4770. The first kappa shape index (κ1) is 65.3. The minimum absolute atomic E-state index is 0.0525. The molecule has 0 saturated heterocycles. The molecule has 8 aromatic heterocycles. The van der Waals surface area contributed by atoms with E-state index in [0.717, 1.165) is 53.6 Å². The highest BCUT2D eigenvalue weighted by Gasteiger charge is 2.21. The number of hydrogen-bond acceptors (Lipinski definition) is 18. The summed E-state index contributed by atoms with van der Waals surface area (Å²) in [6, 6.07) is 66.1. The highest BCUT2D eigenvalue weighted by Crippen LogP contribution is 2.42. The molecule has 0 aliphatic rings. The number of nitrogens with zero attached hydrogens (tertiary/aromatic N) is 8. The molecule has 0 aliphatic heterocycles. The summed E-state index contributed by atoms with van der Waals surface area (Å²) in [5.74, 6) is 14.3. The molecule has 0 N–H and O–H groups in total. The highest BCUT2D eigenvalue weighted by atomic mass is 32.1. The smallest absolute Gasteiger partial charge is 0.298 e. The van der Waals surface area contributed by atoms with Crippen molar-refractivity contribution in [2.24, 2.45) is 0 Å². The summed E-state index contributed by atoms with van der Waals surface area (Å²) in [7, 11) is 0. The molecule has 0 fully saturated rings. The molecule has 96 heavy (non-hydrogen) atoms. The lowest BCUT2D eigenvalue weighted by atomic mass is 9.87. The van der Waals surface area contributed by atoms with Crippen molar-refractivity contribution < 1.29 is 38.1 Å². The van der Waals surface area contributed by atoms with Crippen LogP contribution in [0.4, 0.5) is 32.8 Å². The molecule has 16 nitrogen and oxygen atoms in total. The fourth-order valence-corrected chi connectivity index (χ4v) is 11.7. The molecule has 0 aliphatic carbocycles. The lowest BCUT2D eigenvalue weighted by Crippen LogP contribution is -2.13. The SMILES string of the molecule is CC(C)(C)c1ccc(N(c2ccc(C(C)(C)C)cc2)c2ccc(C#Cc3ccnc(-c4cc(OC=O)cc(-c5cc(OC=O)ccn5)n4)c3)s2)cc1.O=COc1ccnc(-c2cc(OC=O)cc(-c3cc(C#Cc4ccc(N(c5ccccc5)c5ccccc5)s4)ccn3)n2)c1. The van der Waals surface area contributed by atoms with Crippen molar-refractivity contribution in [1.82, 2.24) is 29.9 Å². The summed E-state index contributed by atoms with van der Waals surface area (Å²) in [4.78, 5) is 77.3. The largest absolute Gasteiger partial charge is 0.429 e. The number of ether oxygens (including phenoxy) is 4. The maximum atomic E-state index is 11.2. The van der Waals surface area contributed by atoms with E-state index in [0.29, 0.717) is 82.9 Å². The molecular formula is C78H60N8O8S2. The number of thiophene rings is 2. The van der Waals surface area contributed by atoms with Crippen LogP contribution >= 0.6 is 22.7 Å². The Morgan fingerprint density at radius 1 is 0.333 bits per heavy atom. The van der Waals surface area contributed by atoms with E-state index in [1.54, 1.807) is 83.6 Å². The Labute approximate surface area is 563 Å². The van der Waals surface area contributed by atoms with Gasteiger partial charge < -0.3 is 28.7 Å². The third-order valence-electron chi connectivity index (χ3n) is 14.7. The lowest BCUT2D eigenvalue weighted by molar-refractivity contribution is -0.121. The molecule has 0 radical (unpaired) electrons. The average Bonchev–Trinajstić information content (AvgIpc) is 1.32. The van der Waals surface area contributed by atoms with E-state index in [1.807, 2.05) is 72.8 Å². The zero-order chi connectivity index (χ0) is 67.0. The van der Waals surface area contributed by atoms with E-state index >= 15 is 0 Å². The molecule has 0 unspecified atom stereocenters. The van der Waals surface area contributed by atoms with Crippen molar-refractivity contribution >= 4 is 81.3 Å². The number of para-hydroxylation sites is 2. The van der Waals surface area contributed by atoms with E-state index in [-0.39, 0.29) is 22.3 Å². The van der Waals surface area contributed by atoms with Gasteiger partial charge in [0.2, 0.25) is 0 Å². The molecule has 0 bridgehead atoms. The number of benzene rings is 4. The second-order valence-electron chi connectivity index (χ2n) is 23.3. The van der Waals surface area contributed by atoms with E-state index in [4.69, 9.17) is 23.9 Å². The van der Waals surface area contributed by atoms with Crippen LogP contribution in [0, 0.1) is 23.7 Å². The van der Waals surface area contributed by atoms with Crippen molar-refractivity contribution in [1.29, 1.82) is 0 Å². The van der Waals surface area contributed by atoms with Crippen molar-refractivity contribution in [2.45, 2.75) is 52.4 Å². The topological polar surface area (TPSA) is 189 Å². The van der Waals surface area contributed by atoms with Crippen LogP contribution in [0.25, 0.3) is 45.6 Å². The van der Waals surface area contributed by atoms with Gasteiger partial charge in [0.05, 0.1) is 55.3 Å². The number of carbonyl (C=O) groups is 4. The van der Waals surface area contributed by atoms with Crippen LogP contribution in [0.2, 0.25) is 0 Å². The second kappa shape index (κ2) is 30.0. The first-order valence-electron chi connectivity index (χ1n) is 30.1. The number of aromatic nitrogens is 6. The van der Waals surface area contributed by atoms with Gasteiger partial charge in [0, 0.05) is 95.1 Å². The first-order valence-corrected chi connectivity index (χ1v) is 31.7. The van der Waals surface area contributed by atoms with E-state index in [2.05, 4.69) is 185 Å². The Balaban J connectivity index is 0.000000198. The van der Waals surface area contributed by atoms with Gasteiger partial charge in [-0.2, -0.15) is 0 Å². The van der Waals surface area contributed by atoms with Gasteiger partial charge in [-0.15, -0.1) is 22.7 Å². The number of carbonyl (C=O) groups excluding carboxylic acids is 4. The summed E-state index contributed by atoms with van der Waals surface area (Å²) in [5.41, 5.74) is 12.0. The van der Waals surface area contributed by atoms with Gasteiger partial charge in [-0.1, -0.05) is 126 Å². The summed E-state index contributed by atoms with van der Waals surface area (Å²) >= 11 is 3.22. The summed E-state index contributed by atoms with van der Waals surface area (Å²) in [6.45, 7) is 14.7. The van der Waals surface area contributed by atoms with Crippen molar-refractivity contribution in [3.8, 4) is 92.2 Å². The Hall–Kier alpha value is -12.2. The zero-order valence-corrected chi connectivity index (χ0v) is 54.5. The van der Waals surface area contributed by atoms with Crippen LogP contribution in [-0.4, -0.2) is 55.8 Å². The summed E-state index contributed by atoms with van der Waals surface area (Å²) in [6.07, 6.45) is 6.30. The van der Waals surface area contributed by atoms with Crippen LogP contribution in [0.3, 0.4) is 0 Å². The summed E-state index contributed by atoms with van der Waals surface area (Å²) < 4.78 is 20.2. The van der Waals surface area contributed by atoms with Gasteiger partial charge >= 0.3 is 0 Å². The standard InChI is InChI=1S/C43H38N4O4S.C35H22N4O4S/c1-42(2,3)30-8-12-32(13-9-30)47(33-14-10-31(11-15-33)43(4,5)6)41-18-17-36(52-41)16-7-29-19-21-44-37(23-29)39-25-35(51-28-49)26-40(46-39)38-24-34(50-27-48)20-22-45-38;40-23-42-28-16-18-37-32(20-28)34-22-29(43-24-41)21-33(38-34)31-19-25(15-17-36-31)11-12-30-13-14-35(44-30)39(26-7-3-1-4-8-26)27-9-5-2-6-10-27/h8-15,17-28H,1-6H3;1-10,13-24H. The fraction of sp³-hybridized carbons (Fsp3) is 0.103. The third kappa shape index (κ3) is 16.5. The molecule has 0 amide bonds. The van der Waals surface area contributed by atoms with Crippen LogP contribution in [-0.2, 0) is 30.0 Å². The van der Waals surface area contributed by atoms with Crippen LogP contribution in [0.5, 0.6) is 23.0 Å². The molecule has 18 heteroatoms. The van der Waals surface area contributed by atoms with Crippen LogP contribution in [0.15, 0.2) is 231 Å². The molecule has 0 atom stereocenters. The predicted octanol–water partition coefficient (Wildman–Crippen LogP) is 17.0. The van der Waals surface area contributed by atoms with Crippen LogP contribution in [0.1, 0.15) is 73.6 Å². The molecule has 12 aromatic rings. The average molecular weight is 1300 g/mol. The molecule has 0 spiro atoms. The molecule has 0 saturated carbocycles. The maximum absolute atomic E-state index is 11.2. The zero-order valence-electron chi connectivity index (χ0n) is 52.9. The van der Waals surface area contributed by atoms with Gasteiger partial charge in [0.15, 0.2) is 0 Å². The number of rotatable bonds is 18. The van der Waals surface area contributed by atoms with Crippen molar-refractivity contribution in [2.75, 3.05) is 9.80 Å². The number of hydrogen-bond donors (Lipinski definition) is 0. The highest BCUT2D eigenvalue weighted by molar-refractivity contribution is 7.17. The van der Waals surface area contributed by atoms with Gasteiger partial charge in [-0.25, -0.2) is 9.97 Å². The molecule has 8 heterocycles. The third-order valence-corrected chi connectivity index (χ3v) is 16.6. The number of pyridine rings is 6. The Morgan fingerprint density at radius 3 is 0.990 bits per heavy atom.